The summed E-state index contributed by atoms with van der Waals surface area (Å²) in [7, 11) is 0. The molecule has 7 nitrogen and oxygen atoms in total. The Morgan fingerprint density at radius 2 is 1.93 bits per heavy atom. The number of nitrogens with zero attached hydrogens (tertiary/aromatic N) is 3. The average Bonchev–Trinajstić information content (AvgIpc) is 3.13. The maximum absolute atomic E-state index is 6.25. The van der Waals surface area contributed by atoms with Crippen molar-refractivity contribution in [2.24, 2.45) is 11.8 Å². The summed E-state index contributed by atoms with van der Waals surface area (Å²) >= 11 is 11.6. The van der Waals surface area contributed by atoms with E-state index in [2.05, 4.69) is 39.3 Å². The maximum atomic E-state index is 6.25. The van der Waals surface area contributed by atoms with Crippen molar-refractivity contribution in [2.45, 2.75) is 26.8 Å². The molecular weight excluding hydrogens is 410 g/mol. The van der Waals surface area contributed by atoms with Gasteiger partial charge in [-0.05, 0) is 48.2 Å². The van der Waals surface area contributed by atoms with Crippen molar-refractivity contribution in [3.05, 3.63) is 35.0 Å². The number of hydrogen-bond acceptors (Lipinski definition) is 6. The molecule has 1 fully saturated rings. The van der Waals surface area contributed by atoms with Crippen LogP contribution < -0.4 is 25.0 Å². The van der Waals surface area contributed by atoms with Crippen molar-refractivity contribution < 1.29 is 9.47 Å². The van der Waals surface area contributed by atoms with Crippen LogP contribution in [0.3, 0.4) is 0 Å². The minimum absolute atomic E-state index is 0.259. The Labute approximate surface area is 180 Å². The zero-order valence-electron chi connectivity index (χ0n) is 16.4. The van der Waals surface area contributed by atoms with E-state index in [1.807, 2.05) is 18.2 Å². The highest BCUT2D eigenvalue weighted by Gasteiger charge is 2.23. The maximum Gasteiger partial charge on any atom is 0.232 e. The van der Waals surface area contributed by atoms with Crippen molar-refractivity contribution in [1.82, 2.24) is 15.3 Å². The summed E-state index contributed by atoms with van der Waals surface area (Å²) in [5.74, 6) is 3.96. The first-order valence-corrected chi connectivity index (χ1v) is 10.5. The SMILES string of the molecule is C[C@@H]1C[C@@H](C)CN(c2cc(Cl)nc(NC(=S)NCc3ccc4c(c3)OCO4)n2)C1. The second-order valence-corrected chi connectivity index (χ2v) is 8.51. The first kappa shape index (κ1) is 20.0. The van der Waals surface area contributed by atoms with Crippen LogP contribution in [0.15, 0.2) is 24.3 Å². The molecule has 1 aromatic carbocycles. The van der Waals surface area contributed by atoms with E-state index < -0.39 is 0 Å². The van der Waals surface area contributed by atoms with Gasteiger partial charge in [-0.1, -0.05) is 31.5 Å². The van der Waals surface area contributed by atoms with Gasteiger partial charge < -0.3 is 25.0 Å². The van der Waals surface area contributed by atoms with E-state index in [1.165, 1.54) is 6.42 Å². The van der Waals surface area contributed by atoms with Gasteiger partial charge in [-0.25, -0.2) is 4.98 Å². The zero-order valence-corrected chi connectivity index (χ0v) is 18.0. The van der Waals surface area contributed by atoms with Gasteiger partial charge in [-0.2, -0.15) is 4.98 Å². The summed E-state index contributed by atoms with van der Waals surface area (Å²) < 4.78 is 10.7. The quantitative estimate of drug-likeness (QED) is 0.556. The lowest BCUT2D eigenvalue weighted by Crippen LogP contribution is -2.39. The zero-order chi connectivity index (χ0) is 20.4. The van der Waals surface area contributed by atoms with E-state index in [1.54, 1.807) is 6.07 Å². The molecule has 2 aromatic rings. The van der Waals surface area contributed by atoms with Gasteiger partial charge in [-0.3, -0.25) is 0 Å². The highest BCUT2D eigenvalue weighted by Crippen LogP contribution is 2.32. The van der Waals surface area contributed by atoms with E-state index in [-0.39, 0.29) is 6.79 Å². The fourth-order valence-electron chi connectivity index (χ4n) is 3.85. The normalized spacial score (nSPS) is 20.4. The first-order valence-electron chi connectivity index (χ1n) is 9.69. The van der Waals surface area contributed by atoms with Crippen LogP contribution >= 0.6 is 23.8 Å². The minimum Gasteiger partial charge on any atom is -0.454 e. The number of ether oxygens (including phenoxy) is 2. The molecule has 0 radical (unpaired) electrons. The Balaban J connectivity index is 1.38. The van der Waals surface area contributed by atoms with Gasteiger partial charge in [0.2, 0.25) is 12.7 Å². The van der Waals surface area contributed by atoms with Crippen LogP contribution in [0, 0.1) is 11.8 Å². The first-order chi connectivity index (χ1) is 14.0. The third-order valence-electron chi connectivity index (χ3n) is 4.99. The van der Waals surface area contributed by atoms with Gasteiger partial charge in [0.1, 0.15) is 11.0 Å². The minimum atomic E-state index is 0.259. The Morgan fingerprint density at radius 1 is 1.17 bits per heavy atom. The Kier molecular flexibility index (Phi) is 5.91. The van der Waals surface area contributed by atoms with Crippen LogP contribution in [0.4, 0.5) is 11.8 Å². The number of thiocarbonyl (C=S) groups is 1. The fraction of sp³-hybridized carbons (Fsp3) is 0.450. The van der Waals surface area contributed by atoms with Crippen LogP contribution in [0.25, 0.3) is 0 Å². The Hall–Kier alpha value is -2.32. The molecule has 154 valence electrons. The molecule has 9 heteroatoms. The summed E-state index contributed by atoms with van der Waals surface area (Å²) in [6.07, 6.45) is 1.23. The molecule has 3 heterocycles. The smallest absolute Gasteiger partial charge is 0.232 e. The summed E-state index contributed by atoms with van der Waals surface area (Å²) in [6, 6.07) is 7.60. The number of piperidine rings is 1. The molecule has 0 saturated carbocycles. The fourth-order valence-corrected chi connectivity index (χ4v) is 4.19. The number of halogens is 1. The van der Waals surface area contributed by atoms with Gasteiger partial charge >= 0.3 is 0 Å². The monoisotopic (exact) mass is 433 g/mol. The van der Waals surface area contributed by atoms with Crippen LogP contribution in [-0.4, -0.2) is 35.0 Å². The topological polar surface area (TPSA) is 71.5 Å². The molecule has 1 aromatic heterocycles. The van der Waals surface area contributed by atoms with Gasteiger partial charge in [0.15, 0.2) is 16.6 Å². The summed E-state index contributed by atoms with van der Waals surface area (Å²) in [6.45, 7) is 7.25. The van der Waals surface area contributed by atoms with Crippen molar-refractivity contribution in [3.8, 4) is 11.5 Å². The van der Waals surface area contributed by atoms with Crippen LogP contribution in [0.2, 0.25) is 5.15 Å². The number of fused-ring (bicyclic) bond motifs is 1. The van der Waals surface area contributed by atoms with Crippen LogP contribution in [0.5, 0.6) is 11.5 Å². The number of rotatable bonds is 4. The molecule has 0 aliphatic carbocycles. The second kappa shape index (κ2) is 8.59. The number of benzene rings is 1. The number of anilines is 2. The molecule has 1 saturated heterocycles. The van der Waals surface area contributed by atoms with E-state index in [0.717, 1.165) is 36.0 Å². The van der Waals surface area contributed by atoms with Crippen molar-refractivity contribution in [2.75, 3.05) is 30.1 Å². The molecule has 0 unspecified atom stereocenters. The lowest BCUT2D eigenvalue weighted by atomic mass is 9.92. The molecule has 2 aliphatic heterocycles. The number of aromatic nitrogens is 2. The largest absolute Gasteiger partial charge is 0.454 e. The number of nitrogens with one attached hydrogen (secondary N) is 2. The third kappa shape index (κ3) is 5.00. The molecule has 0 amide bonds. The third-order valence-corrected chi connectivity index (χ3v) is 5.43. The molecule has 2 atom stereocenters. The van der Waals surface area contributed by atoms with Gasteiger partial charge in [-0.15, -0.1) is 0 Å². The van der Waals surface area contributed by atoms with Crippen LogP contribution in [0.1, 0.15) is 25.8 Å². The molecular formula is C20H24ClN5O2S. The van der Waals surface area contributed by atoms with Gasteiger partial charge in [0.25, 0.3) is 0 Å². The van der Waals surface area contributed by atoms with Crippen molar-refractivity contribution >= 4 is 40.7 Å². The Morgan fingerprint density at radius 3 is 2.72 bits per heavy atom. The predicted molar refractivity (Wildman–Crippen MR) is 118 cm³/mol. The molecule has 4 rings (SSSR count). The average molecular weight is 434 g/mol. The number of hydrogen-bond donors (Lipinski definition) is 2. The lowest BCUT2D eigenvalue weighted by Gasteiger charge is -2.35. The summed E-state index contributed by atoms with van der Waals surface area (Å²) in [4.78, 5) is 11.1. The van der Waals surface area contributed by atoms with Crippen molar-refractivity contribution in [3.63, 3.8) is 0 Å². The molecule has 2 N–H and O–H groups in total. The summed E-state index contributed by atoms with van der Waals surface area (Å²) in [5, 5.41) is 7.01. The highest BCUT2D eigenvalue weighted by atomic mass is 35.5. The second-order valence-electron chi connectivity index (χ2n) is 7.72. The molecule has 0 spiro atoms. The standard InChI is InChI=1S/C20H24ClN5O2S/c1-12-5-13(2)10-26(9-12)18-7-17(21)23-19(24-18)25-20(29)22-8-14-3-4-15-16(6-14)28-11-27-15/h3-4,6-7,12-13H,5,8-11H2,1-2H3,(H2,22,23,24,25,29)/t12-,13-/m1/s1. The van der Waals surface area contributed by atoms with Crippen molar-refractivity contribution in [1.29, 1.82) is 0 Å². The summed E-state index contributed by atoms with van der Waals surface area (Å²) in [5.41, 5.74) is 1.03. The van der Waals surface area contributed by atoms with Gasteiger partial charge in [0, 0.05) is 25.7 Å². The van der Waals surface area contributed by atoms with Crippen LogP contribution in [-0.2, 0) is 6.54 Å². The molecule has 29 heavy (non-hydrogen) atoms. The van der Waals surface area contributed by atoms with E-state index >= 15 is 0 Å². The molecule has 2 aliphatic rings. The Bertz CT molecular complexity index is 902. The lowest BCUT2D eigenvalue weighted by molar-refractivity contribution is 0.174. The molecule has 0 bridgehead atoms. The highest BCUT2D eigenvalue weighted by molar-refractivity contribution is 7.80. The van der Waals surface area contributed by atoms with E-state index in [0.29, 0.717) is 34.6 Å². The van der Waals surface area contributed by atoms with Gasteiger partial charge in [0.05, 0.1) is 0 Å². The predicted octanol–water partition coefficient (Wildman–Crippen LogP) is 3.83. The van der Waals surface area contributed by atoms with E-state index in [9.17, 15) is 0 Å². The van der Waals surface area contributed by atoms with E-state index in [4.69, 9.17) is 33.3 Å².